The number of fused-ring (bicyclic) bond motifs is 1. The summed E-state index contributed by atoms with van der Waals surface area (Å²) in [6.45, 7) is 2.81. The summed E-state index contributed by atoms with van der Waals surface area (Å²) in [6.07, 6.45) is 3.19. The summed E-state index contributed by atoms with van der Waals surface area (Å²) in [5, 5.41) is 2.21. The van der Waals surface area contributed by atoms with E-state index in [0.29, 0.717) is 0 Å². The minimum absolute atomic E-state index is 0.727. The maximum atomic E-state index is 5.92. The lowest BCUT2D eigenvalue weighted by molar-refractivity contribution is 0.309. The molecule has 20 heavy (non-hydrogen) atoms. The number of unbranched alkanes of at least 4 members (excludes halogenated alkanes) is 2. The van der Waals surface area contributed by atoms with Crippen molar-refractivity contribution in [1.82, 2.24) is 0 Å². The molecule has 2 aromatic rings. The summed E-state index contributed by atoms with van der Waals surface area (Å²) in [5.41, 5.74) is 1.22. The van der Waals surface area contributed by atoms with Gasteiger partial charge in [-0.3, -0.25) is 0 Å². The largest absolute Gasteiger partial charge is 0.496 e. The van der Waals surface area contributed by atoms with Crippen molar-refractivity contribution < 1.29 is 9.47 Å². The van der Waals surface area contributed by atoms with Crippen LogP contribution in [0.4, 0.5) is 0 Å². The molecule has 0 saturated heterocycles. The summed E-state index contributed by atoms with van der Waals surface area (Å²) >= 11 is 5.67. The molecule has 0 fully saturated rings. The van der Waals surface area contributed by atoms with Crippen molar-refractivity contribution >= 4 is 22.4 Å². The van der Waals surface area contributed by atoms with Crippen molar-refractivity contribution in [2.75, 3.05) is 19.6 Å². The third-order valence-electron chi connectivity index (χ3n) is 3.35. The van der Waals surface area contributed by atoms with Gasteiger partial charge >= 0.3 is 0 Å². The van der Waals surface area contributed by atoms with Crippen LogP contribution in [0.3, 0.4) is 0 Å². The van der Waals surface area contributed by atoms with Crippen molar-refractivity contribution in [3.05, 3.63) is 35.9 Å². The minimum atomic E-state index is 0.727. The van der Waals surface area contributed by atoms with Crippen LogP contribution in [0.2, 0.25) is 0 Å². The van der Waals surface area contributed by atoms with Gasteiger partial charge in [0.25, 0.3) is 0 Å². The Hall–Kier alpha value is -1.41. The Morgan fingerprint density at radius 3 is 2.50 bits per heavy atom. The molecule has 0 N–H and O–H groups in total. The van der Waals surface area contributed by atoms with E-state index in [1.54, 1.807) is 7.11 Å². The number of ether oxygens (including phenoxy) is 2. The van der Waals surface area contributed by atoms with Gasteiger partial charge in [-0.25, -0.2) is 0 Å². The van der Waals surface area contributed by atoms with Gasteiger partial charge < -0.3 is 9.47 Å². The highest BCUT2D eigenvalue weighted by Gasteiger charge is 2.07. The molecule has 108 valence electrons. The average Bonchev–Trinajstić information content (AvgIpc) is 2.47. The Morgan fingerprint density at radius 1 is 0.950 bits per heavy atom. The second kappa shape index (κ2) is 7.39. The van der Waals surface area contributed by atoms with Crippen molar-refractivity contribution in [3.8, 4) is 11.5 Å². The highest BCUT2D eigenvalue weighted by molar-refractivity contribution is 6.17. The van der Waals surface area contributed by atoms with Gasteiger partial charge in [-0.15, -0.1) is 11.6 Å². The van der Waals surface area contributed by atoms with E-state index in [9.17, 15) is 0 Å². The van der Waals surface area contributed by atoms with E-state index < -0.39 is 0 Å². The third kappa shape index (κ3) is 3.57. The number of hydrogen-bond donors (Lipinski definition) is 0. The van der Waals surface area contributed by atoms with Crippen LogP contribution in [0, 0.1) is 6.92 Å². The van der Waals surface area contributed by atoms with Gasteiger partial charge in [-0.1, -0.05) is 17.7 Å². The summed E-state index contributed by atoms with van der Waals surface area (Å²) in [4.78, 5) is 0. The predicted octanol–water partition coefficient (Wildman–Crippen LogP) is 4.94. The quantitative estimate of drug-likeness (QED) is 0.531. The van der Waals surface area contributed by atoms with Crippen molar-refractivity contribution in [1.29, 1.82) is 0 Å². The molecule has 0 heterocycles. The van der Waals surface area contributed by atoms with Gasteiger partial charge in [0.05, 0.1) is 13.7 Å². The molecule has 0 unspecified atom stereocenters. The van der Waals surface area contributed by atoms with E-state index in [1.165, 1.54) is 5.56 Å². The molecule has 2 aromatic carbocycles. The lowest BCUT2D eigenvalue weighted by Gasteiger charge is -2.12. The van der Waals surface area contributed by atoms with E-state index in [0.717, 1.165) is 54.0 Å². The molecule has 3 heteroatoms. The molecule has 0 radical (unpaired) electrons. The number of hydrogen-bond acceptors (Lipinski definition) is 2. The zero-order chi connectivity index (χ0) is 14.4. The van der Waals surface area contributed by atoms with Gasteiger partial charge in [0, 0.05) is 16.7 Å². The van der Waals surface area contributed by atoms with Crippen molar-refractivity contribution in [2.24, 2.45) is 0 Å². The number of halogens is 1. The first-order valence-electron chi connectivity index (χ1n) is 7.02. The Balaban J connectivity index is 2.18. The van der Waals surface area contributed by atoms with Crippen LogP contribution in [-0.4, -0.2) is 19.6 Å². The summed E-state index contributed by atoms with van der Waals surface area (Å²) in [6, 6.07) is 10.3. The van der Waals surface area contributed by atoms with Gasteiger partial charge in [-0.05, 0) is 44.4 Å². The first-order valence-corrected chi connectivity index (χ1v) is 7.56. The molecule has 0 aromatic heterocycles. The Labute approximate surface area is 125 Å². The standard InChI is InChI=1S/C17H21ClO2/c1-13-6-7-14-15(12-13)17(9-8-16(14)19-2)20-11-5-3-4-10-18/h6-9,12H,3-5,10-11H2,1-2H3. The molecular weight excluding hydrogens is 272 g/mol. The molecule has 0 aliphatic heterocycles. The maximum Gasteiger partial charge on any atom is 0.127 e. The fourth-order valence-corrected chi connectivity index (χ4v) is 2.46. The summed E-state index contributed by atoms with van der Waals surface area (Å²) in [7, 11) is 1.70. The Kier molecular flexibility index (Phi) is 5.54. The zero-order valence-corrected chi connectivity index (χ0v) is 12.9. The first-order chi connectivity index (χ1) is 9.76. The van der Waals surface area contributed by atoms with E-state index >= 15 is 0 Å². The molecular formula is C17H21ClO2. The van der Waals surface area contributed by atoms with Crippen LogP contribution < -0.4 is 9.47 Å². The van der Waals surface area contributed by atoms with Crippen molar-refractivity contribution in [3.63, 3.8) is 0 Å². The smallest absolute Gasteiger partial charge is 0.127 e. The summed E-state index contributed by atoms with van der Waals surface area (Å²) < 4.78 is 11.3. The van der Waals surface area contributed by atoms with Gasteiger partial charge in [0.2, 0.25) is 0 Å². The van der Waals surface area contributed by atoms with Crippen LogP contribution in [0.5, 0.6) is 11.5 Å². The fraction of sp³-hybridized carbons (Fsp3) is 0.412. The molecule has 0 bridgehead atoms. The van der Waals surface area contributed by atoms with E-state index in [2.05, 4.69) is 25.1 Å². The van der Waals surface area contributed by atoms with E-state index in [-0.39, 0.29) is 0 Å². The summed E-state index contributed by atoms with van der Waals surface area (Å²) in [5.74, 6) is 2.54. The highest BCUT2D eigenvalue weighted by Crippen LogP contribution is 2.33. The van der Waals surface area contributed by atoms with Crippen LogP contribution in [-0.2, 0) is 0 Å². The van der Waals surface area contributed by atoms with Gasteiger partial charge in [0.1, 0.15) is 11.5 Å². The lowest BCUT2D eigenvalue weighted by Crippen LogP contribution is -1.99. The Morgan fingerprint density at radius 2 is 1.75 bits per heavy atom. The molecule has 0 saturated carbocycles. The predicted molar refractivity (Wildman–Crippen MR) is 85.3 cm³/mol. The number of methoxy groups -OCH3 is 1. The molecule has 0 aliphatic carbocycles. The third-order valence-corrected chi connectivity index (χ3v) is 3.61. The monoisotopic (exact) mass is 292 g/mol. The van der Waals surface area contributed by atoms with Crippen LogP contribution >= 0.6 is 11.6 Å². The molecule has 0 amide bonds. The van der Waals surface area contributed by atoms with E-state index in [1.807, 2.05) is 12.1 Å². The number of benzene rings is 2. The van der Waals surface area contributed by atoms with Gasteiger partial charge in [0.15, 0.2) is 0 Å². The minimum Gasteiger partial charge on any atom is -0.496 e. The maximum absolute atomic E-state index is 5.92. The normalized spacial score (nSPS) is 10.8. The van der Waals surface area contributed by atoms with Crippen LogP contribution in [0.1, 0.15) is 24.8 Å². The number of alkyl halides is 1. The van der Waals surface area contributed by atoms with Gasteiger partial charge in [-0.2, -0.15) is 0 Å². The number of rotatable bonds is 7. The first kappa shape index (κ1) is 15.0. The fourth-order valence-electron chi connectivity index (χ4n) is 2.27. The van der Waals surface area contributed by atoms with Crippen LogP contribution in [0.15, 0.2) is 30.3 Å². The topological polar surface area (TPSA) is 18.5 Å². The Bertz CT molecular complexity index is 566. The second-order valence-corrected chi connectivity index (χ2v) is 5.29. The second-order valence-electron chi connectivity index (χ2n) is 4.91. The molecule has 0 aliphatic rings. The molecule has 2 rings (SSSR count). The van der Waals surface area contributed by atoms with E-state index in [4.69, 9.17) is 21.1 Å². The molecule has 0 spiro atoms. The average molecular weight is 293 g/mol. The van der Waals surface area contributed by atoms with Crippen LogP contribution in [0.25, 0.3) is 10.8 Å². The number of aryl methyl sites for hydroxylation is 1. The SMILES string of the molecule is COc1ccc(OCCCCCCl)c2cc(C)ccc12. The molecule has 0 atom stereocenters. The molecule has 2 nitrogen and oxygen atoms in total. The highest BCUT2D eigenvalue weighted by atomic mass is 35.5. The zero-order valence-electron chi connectivity index (χ0n) is 12.1. The van der Waals surface area contributed by atoms with Crippen molar-refractivity contribution in [2.45, 2.75) is 26.2 Å². The lowest BCUT2D eigenvalue weighted by atomic mass is 10.1.